The largest absolute Gasteiger partial charge is 0.345 e. The van der Waals surface area contributed by atoms with Crippen molar-refractivity contribution in [1.29, 1.82) is 0 Å². The molecule has 0 aliphatic heterocycles. The molecular formula is C10H14ClN3O. The third kappa shape index (κ3) is 2.38. The van der Waals surface area contributed by atoms with Gasteiger partial charge in [0.1, 0.15) is 0 Å². The molecule has 0 amide bonds. The van der Waals surface area contributed by atoms with Gasteiger partial charge < -0.3 is 10.7 Å². The second-order valence-electron chi connectivity index (χ2n) is 4.29. The zero-order valence-corrected chi connectivity index (χ0v) is 9.40. The number of H-pyrrole nitrogens is 1. The van der Waals surface area contributed by atoms with E-state index in [9.17, 15) is 4.79 Å². The average molecular weight is 228 g/mol. The maximum absolute atomic E-state index is 11.1. The number of aryl methyl sites for hydroxylation is 2. The number of hydrogen-bond acceptors (Lipinski definition) is 3. The highest BCUT2D eigenvalue weighted by Gasteiger charge is 2.37. The molecule has 1 aliphatic carbocycles. The highest BCUT2D eigenvalue weighted by molar-refractivity contribution is 6.31. The zero-order chi connectivity index (χ0) is 11.1. The number of hydrogen-bond donors (Lipinski definition) is 2. The Hall–Kier alpha value is -0.870. The normalized spacial score (nSPS) is 17.8. The van der Waals surface area contributed by atoms with Crippen LogP contribution in [0.25, 0.3) is 0 Å². The molecule has 0 radical (unpaired) electrons. The van der Waals surface area contributed by atoms with Gasteiger partial charge in [-0.1, -0.05) is 11.6 Å². The fraction of sp³-hybridized carbons (Fsp3) is 0.600. The van der Waals surface area contributed by atoms with Crippen molar-refractivity contribution < 1.29 is 0 Å². The summed E-state index contributed by atoms with van der Waals surface area (Å²) in [5.41, 5.74) is 6.93. The van der Waals surface area contributed by atoms with Crippen molar-refractivity contribution in [3.63, 3.8) is 0 Å². The lowest BCUT2D eigenvalue weighted by molar-refractivity contribution is 0.601. The van der Waals surface area contributed by atoms with E-state index in [1.54, 1.807) is 6.92 Å². The molecule has 0 bridgehead atoms. The summed E-state index contributed by atoms with van der Waals surface area (Å²) >= 11 is 6.04. The summed E-state index contributed by atoms with van der Waals surface area (Å²) in [4.78, 5) is 17.6. The molecule has 0 atom stereocenters. The van der Waals surface area contributed by atoms with Crippen LogP contribution >= 0.6 is 11.6 Å². The quantitative estimate of drug-likeness (QED) is 0.814. The molecule has 0 unspecified atom stereocenters. The molecular weight excluding hydrogens is 214 g/mol. The minimum atomic E-state index is -0.339. The van der Waals surface area contributed by atoms with Crippen molar-refractivity contribution in [2.75, 3.05) is 0 Å². The fourth-order valence-electron chi connectivity index (χ4n) is 1.57. The Kier molecular flexibility index (Phi) is 2.56. The van der Waals surface area contributed by atoms with E-state index in [0.717, 1.165) is 19.3 Å². The van der Waals surface area contributed by atoms with Crippen LogP contribution in [0.3, 0.4) is 0 Å². The van der Waals surface area contributed by atoms with Crippen molar-refractivity contribution in [3.05, 3.63) is 26.9 Å². The lowest BCUT2D eigenvalue weighted by atomic mass is 10.1. The summed E-state index contributed by atoms with van der Waals surface area (Å²) in [6.45, 7) is 1.77. The number of rotatable bonds is 3. The van der Waals surface area contributed by atoms with E-state index in [1.165, 1.54) is 0 Å². The van der Waals surface area contributed by atoms with E-state index in [-0.39, 0.29) is 11.2 Å². The van der Waals surface area contributed by atoms with Crippen LogP contribution in [0.5, 0.6) is 0 Å². The first kappa shape index (κ1) is 10.6. The molecule has 2 rings (SSSR count). The lowest BCUT2D eigenvalue weighted by Crippen LogP contribution is -2.23. The van der Waals surface area contributed by atoms with Crippen molar-refractivity contribution in [3.8, 4) is 0 Å². The van der Waals surface area contributed by atoms with Gasteiger partial charge in [0.15, 0.2) is 0 Å². The van der Waals surface area contributed by atoms with Crippen LogP contribution in [0, 0.1) is 6.92 Å². The predicted octanol–water partition coefficient (Wildman–Crippen LogP) is 1.16. The first-order chi connectivity index (χ1) is 7.00. The molecule has 1 aromatic heterocycles. The van der Waals surface area contributed by atoms with Crippen LogP contribution in [0.4, 0.5) is 0 Å². The molecule has 0 saturated heterocycles. The van der Waals surface area contributed by atoms with Crippen molar-refractivity contribution >= 4 is 11.6 Å². The van der Waals surface area contributed by atoms with Crippen molar-refractivity contribution in [2.24, 2.45) is 5.73 Å². The molecule has 1 saturated carbocycles. The SMILES string of the molecule is Cc1[nH]c(=O)nc(CCC2(N)CC2)c1Cl. The maximum Gasteiger partial charge on any atom is 0.345 e. The summed E-state index contributed by atoms with van der Waals surface area (Å²) in [5.74, 6) is 0. The summed E-state index contributed by atoms with van der Waals surface area (Å²) in [6.07, 6.45) is 3.66. The number of aromatic amines is 1. The van der Waals surface area contributed by atoms with E-state index in [1.807, 2.05) is 0 Å². The summed E-state index contributed by atoms with van der Waals surface area (Å²) in [5, 5.41) is 0.554. The van der Waals surface area contributed by atoms with Crippen LogP contribution < -0.4 is 11.4 Å². The van der Waals surface area contributed by atoms with Crippen molar-refractivity contribution in [2.45, 2.75) is 38.1 Å². The van der Waals surface area contributed by atoms with Crippen LogP contribution in [0.15, 0.2) is 4.79 Å². The molecule has 15 heavy (non-hydrogen) atoms. The molecule has 3 N–H and O–H groups in total. The number of nitrogens with zero attached hydrogens (tertiary/aromatic N) is 1. The average Bonchev–Trinajstić information content (AvgIpc) is 2.88. The molecule has 1 heterocycles. The van der Waals surface area contributed by atoms with Crippen LogP contribution in [0.2, 0.25) is 5.02 Å². The Morgan fingerprint density at radius 3 is 2.87 bits per heavy atom. The molecule has 1 aromatic rings. The van der Waals surface area contributed by atoms with Gasteiger partial charge >= 0.3 is 5.69 Å². The Morgan fingerprint density at radius 1 is 1.60 bits per heavy atom. The third-order valence-electron chi connectivity index (χ3n) is 2.87. The second-order valence-corrected chi connectivity index (χ2v) is 4.67. The highest BCUT2D eigenvalue weighted by Crippen LogP contribution is 2.36. The highest BCUT2D eigenvalue weighted by atomic mass is 35.5. The first-order valence-electron chi connectivity index (χ1n) is 5.04. The van der Waals surface area contributed by atoms with Gasteiger partial charge in [-0.2, -0.15) is 4.98 Å². The van der Waals surface area contributed by atoms with Gasteiger partial charge in [0, 0.05) is 11.2 Å². The van der Waals surface area contributed by atoms with Gasteiger partial charge in [0.05, 0.1) is 10.7 Å². The monoisotopic (exact) mass is 227 g/mol. The Bertz CT molecular complexity index is 437. The van der Waals surface area contributed by atoms with Gasteiger partial charge in [-0.3, -0.25) is 0 Å². The van der Waals surface area contributed by atoms with Crippen LogP contribution in [-0.4, -0.2) is 15.5 Å². The van der Waals surface area contributed by atoms with Gasteiger partial charge in [0.2, 0.25) is 0 Å². The minimum absolute atomic E-state index is 0.0263. The Balaban J connectivity index is 2.16. The van der Waals surface area contributed by atoms with Gasteiger partial charge in [-0.05, 0) is 32.6 Å². The molecule has 5 heteroatoms. The first-order valence-corrected chi connectivity index (χ1v) is 5.42. The standard InChI is InChI=1S/C10H14ClN3O/c1-6-8(11)7(14-9(15)13-6)2-3-10(12)4-5-10/h2-5,12H2,1H3,(H,13,14,15). The van der Waals surface area contributed by atoms with E-state index in [4.69, 9.17) is 17.3 Å². The molecule has 1 fully saturated rings. The Morgan fingerprint density at radius 2 is 2.27 bits per heavy atom. The zero-order valence-electron chi connectivity index (χ0n) is 8.64. The maximum atomic E-state index is 11.1. The summed E-state index contributed by atoms with van der Waals surface area (Å²) in [6, 6.07) is 0. The van der Waals surface area contributed by atoms with Gasteiger partial charge in [-0.25, -0.2) is 4.79 Å². The summed E-state index contributed by atoms with van der Waals surface area (Å²) < 4.78 is 0. The number of nitrogens with two attached hydrogens (primary N) is 1. The molecule has 0 aromatic carbocycles. The van der Waals surface area contributed by atoms with Crippen LogP contribution in [-0.2, 0) is 6.42 Å². The van der Waals surface area contributed by atoms with E-state index < -0.39 is 0 Å². The topological polar surface area (TPSA) is 71.8 Å². The minimum Gasteiger partial charge on any atom is -0.325 e. The smallest absolute Gasteiger partial charge is 0.325 e. The predicted molar refractivity (Wildman–Crippen MR) is 59.1 cm³/mol. The second kappa shape index (κ2) is 3.61. The van der Waals surface area contributed by atoms with E-state index >= 15 is 0 Å². The number of nitrogens with one attached hydrogen (secondary N) is 1. The molecule has 1 aliphatic rings. The van der Waals surface area contributed by atoms with Crippen LogP contribution in [0.1, 0.15) is 30.7 Å². The van der Waals surface area contributed by atoms with Gasteiger partial charge in [-0.15, -0.1) is 0 Å². The van der Waals surface area contributed by atoms with Crippen molar-refractivity contribution in [1.82, 2.24) is 9.97 Å². The van der Waals surface area contributed by atoms with E-state index in [2.05, 4.69) is 9.97 Å². The molecule has 0 spiro atoms. The summed E-state index contributed by atoms with van der Waals surface area (Å²) in [7, 11) is 0. The molecule has 4 nitrogen and oxygen atoms in total. The van der Waals surface area contributed by atoms with Gasteiger partial charge in [0.25, 0.3) is 0 Å². The Labute approximate surface area is 92.9 Å². The number of aromatic nitrogens is 2. The van der Waals surface area contributed by atoms with E-state index in [0.29, 0.717) is 22.8 Å². The third-order valence-corrected chi connectivity index (χ3v) is 3.37. The lowest BCUT2D eigenvalue weighted by Gasteiger charge is -2.09. The molecule has 82 valence electrons. The fourth-order valence-corrected chi connectivity index (χ4v) is 1.76. The number of halogens is 1.